The van der Waals surface area contributed by atoms with Gasteiger partial charge in [-0.15, -0.1) is 0 Å². The third kappa shape index (κ3) is 1.84. The fourth-order valence-electron chi connectivity index (χ4n) is 2.21. The Labute approximate surface area is 110 Å². The summed E-state index contributed by atoms with van der Waals surface area (Å²) in [5, 5.41) is 3.02. The van der Waals surface area contributed by atoms with Crippen molar-refractivity contribution in [3.8, 4) is 0 Å². The van der Waals surface area contributed by atoms with Crippen molar-refractivity contribution in [3.05, 3.63) is 59.4 Å². The van der Waals surface area contributed by atoms with Crippen molar-refractivity contribution < 1.29 is 4.39 Å². The first-order chi connectivity index (χ1) is 9.09. The van der Waals surface area contributed by atoms with Gasteiger partial charge in [0.15, 0.2) is 5.66 Å². The number of halogens is 1. The van der Waals surface area contributed by atoms with Gasteiger partial charge in [0.05, 0.1) is 6.34 Å². The average molecular weight is 256 g/mol. The molecule has 0 aliphatic carbocycles. The number of rotatable bonds is 1. The largest absolute Gasteiger partial charge is 0.399 e. The molecule has 3 rings (SSSR count). The van der Waals surface area contributed by atoms with Gasteiger partial charge in [-0.3, -0.25) is 5.73 Å². The van der Waals surface area contributed by atoms with E-state index in [-0.39, 0.29) is 5.82 Å². The second-order valence-electron chi connectivity index (χ2n) is 4.48. The summed E-state index contributed by atoms with van der Waals surface area (Å²) in [4.78, 5) is 4.31. The van der Waals surface area contributed by atoms with Crippen LogP contribution in [0.4, 0.5) is 15.8 Å². The van der Waals surface area contributed by atoms with Crippen LogP contribution in [0.3, 0.4) is 0 Å². The lowest BCUT2D eigenvalue weighted by atomic mass is 9.90. The average Bonchev–Trinajstić information content (AvgIpc) is 2.40. The van der Waals surface area contributed by atoms with Crippen LogP contribution >= 0.6 is 0 Å². The van der Waals surface area contributed by atoms with E-state index in [9.17, 15) is 4.39 Å². The fraction of sp³-hybridized carbons (Fsp3) is 0.0714. The smallest absolute Gasteiger partial charge is 0.163 e. The van der Waals surface area contributed by atoms with Crippen molar-refractivity contribution in [3.63, 3.8) is 0 Å². The van der Waals surface area contributed by atoms with Crippen LogP contribution in [0.2, 0.25) is 0 Å². The number of nitrogens with one attached hydrogen (secondary N) is 1. The first kappa shape index (κ1) is 11.7. The molecule has 5 N–H and O–H groups in total. The number of aliphatic imine (C=N–C) groups is 1. The van der Waals surface area contributed by atoms with Gasteiger partial charge in [0.2, 0.25) is 0 Å². The standard InChI is InChI=1S/C14H13FN4/c15-10-3-1-9(2-4-10)14(17)12-7-11(16)5-6-13(12)18-8-19-14/h1-8H,16-17H2,(H,18,19). The van der Waals surface area contributed by atoms with Gasteiger partial charge in [0.25, 0.3) is 0 Å². The minimum absolute atomic E-state index is 0.307. The molecular formula is C14H13FN4. The molecule has 1 unspecified atom stereocenters. The Balaban J connectivity index is 2.19. The molecule has 4 nitrogen and oxygen atoms in total. The summed E-state index contributed by atoms with van der Waals surface area (Å²) >= 11 is 0. The molecule has 0 bridgehead atoms. The molecule has 1 aliphatic rings. The Bertz CT molecular complexity index is 651. The SMILES string of the molecule is Nc1ccc2c(c1)C(N)(c1ccc(F)cc1)N=CN2. The highest BCUT2D eigenvalue weighted by molar-refractivity contribution is 5.83. The minimum Gasteiger partial charge on any atom is -0.399 e. The number of anilines is 2. The van der Waals surface area contributed by atoms with Crippen LogP contribution < -0.4 is 16.8 Å². The van der Waals surface area contributed by atoms with E-state index in [2.05, 4.69) is 10.3 Å². The first-order valence-corrected chi connectivity index (χ1v) is 5.85. The Hall–Kier alpha value is -2.40. The van der Waals surface area contributed by atoms with E-state index in [0.29, 0.717) is 11.3 Å². The minimum atomic E-state index is -1.05. The lowest BCUT2D eigenvalue weighted by Gasteiger charge is -2.31. The van der Waals surface area contributed by atoms with Gasteiger partial charge < -0.3 is 11.1 Å². The van der Waals surface area contributed by atoms with E-state index in [1.54, 1.807) is 30.6 Å². The lowest BCUT2D eigenvalue weighted by Crippen LogP contribution is -2.39. The number of nitrogen functional groups attached to an aromatic ring is 1. The molecule has 19 heavy (non-hydrogen) atoms. The molecule has 1 heterocycles. The van der Waals surface area contributed by atoms with Crippen molar-refractivity contribution in [1.82, 2.24) is 0 Å². The summed E-state index contributed by atoms with van der Waals surface area (Å²) in [5.74, 6) is -0.307. The van der Waals surface area contributed by atoms with Gasteiger partial charge in [0.1, 0.15) is 5.82 Å². The molecule has 1 atom stereocenters. The van der Waals surface area contributed by atoms with Crippen LogP contribution in [0, 0.1) is 5.82 Å². The van der Waals surface area contributed by atoms with Crippen molar-refractivity contribution in [1.29, 1.82) is 0 Å². The Morgan fingerprint density at radius 2 is 1.84 bits per heavy atom. The molecule has 2 aromatic rings. The monoisotopic (exact) mass is 256 g/mol. The Kier molecular flexibility index (Phi) is 2.50. The van der Waals surface area contributed by atoms with Crippen LogP contribution in [0.1, 0.15) is 11.1 Å². The summed E-state index contributed by atoms with van der Waals surface area (Å²) in [6.45, 7) is 0. The maximum atomic E-state index is 13.0. The molecule has 0 aromatic heterocycles. The lowest BCUT2D eigenvalue weighted by molar-refractivity contribution is 0.566. The van der Waals surface area contributed by atoms with Crippen LogP contribution in [-0.4, -0.2) is 6.34 Å². The normalized spacial score (nSPS) is 20.7. The zero-order valence-electron chi connectivity index (χ0n) is 10.1. The molecule has 2 aromatic carbocycles. The predicted octanol–water partition coefficient (Wildman–Crippen LogP) is 2.02. The van der Waals surface area contributed by atoms with Crippen molar-refractivity contribution >= 4 is 17.7 Å². The molecule has 0 radical (unpaired) electrons. The zero-order chi connectivity index (χ0) is 13.5. The van der Waals surface area contributed by atoms with Gasteiger partial charge in [-0.05, 0) is 35.9 Å². The second-order valence-corrected chi connectivity index (χ2v) is 4.48. The van der Waals surface area contributed by atoms with E-state index in [0.717, 1.165) is 11.3 Å². The van der Waals surface area contributed by atoms with Gasteiger partial charge >= 0.3 is 0 Å². The van der Waals surface area contributed by atoms with Crippen LogP contribution in [0.25, 0.3) is 0 Å². The van der Waals surface area contributed by atoms with Gasteiger partial charge in [-0.25, -0.2) is 9.38 Å². The molecule has 0 fully saturated rings. The molecule has 1 aliphatic heterocycles. The van der Waals surface area contributed by atoms with Crippen LogP contribution in [0.15, 0.2) is 47.5 Å². The van der Waals surface area contributed by atoms with Gasteiger partial charge in [0, 0.05) is 16.9 Å². The number of hydrogen-bond acceptors (Lipinski definition) is 4. The summed E-state index contributed by atoms with van der Waals surface area (Å²) in [6.07, 6.45) is 1.54. The number of nitrogens with zero attached hydrogens (tertiary/aromatic N) is 1. The van der Waals surface area contributed by atoms with E-state index in [4.69, 9.17) is 11.5 Å². The summed E-state index contributed by atoms with van der Waals surface area (Å²) in [5.41, 5.74) is 14.1. The fourth-order valence-corrected chi connectivity index (χ4v) is 2.21. The number of fused-ring (bicyclic) bond motifs is 1. The molecule has 96 valence electrons. The van der Waals surface area contributed by atoms with E-state index >= 15 is 0 Å². The number of nitrogens with two attached hydrogens (primary N) is 2. The molecule has 0 spiro atoms. The first-order valence-electron chi connectivity index (χ1n) is 5.85. The molecule has 0 saturated carbocycles. The van der Waals surface area contributed by atoms with E-state index in [1.807, 2.05) is 6.07 Å². The van der Waals surface area contributed by atoms with Crippen LogP contribution in [-0.2, 0) is 5.66 Å². The maximum Gasteiger partial charge on any atom is 0.163 e. The van der Waals surface area contributed by atoms with Crippen molar-refractivity contribution in [2.45, 2.75) is 5.66 Å². The van der Waals surface area contributed by atoms with E-state index in [1.165, 1.54) is 12.1 Å². The summed E-state index contributed by atoms with van der Waals surface area (Å²) < 4.78 is 13.0. The van der Waals surface area contributed by atoms with Gasteiger partial charge in [-0.1, -0.05) is 12.1 Å². The predicted molar refractivity (Wildman–Crippen MR) is 74.3 cm³/mol. The number of hydrogen-bond donors (Lipinski definition) is 3. The molecule has 5 heteroatoms. The third-order valence-corrected chi connectivity index (χ3v) is 3.23. The van der Waals surface area contributed by atoms with Gasteiger partial charge in [-0.2, -0.15) is 0 Å². The quantitative estimate of drug-likeness (QED) is 0.683. The molecular weight excluding hydrogens is 243 g/mol. The Morgan fingerprint density at radius 1 is 1.11 bits per heavy atom. The highest BCUT2D eigenvalue weighted by Crippen LogP contribution is 2.36. The second kappa shape index (κ2) is 4.07. The topological polar surface area (TPSA) is 76.4 Å². The van der Waals surface area contributed by atoms with Crippen molar-refractivity contribution in [2.75, 3.05) is 11.1 Å². The van der Waals surface area contributed by atoms with Crippen molar-refractivity contribution in [2.24, 2.45) is 10.7 Å². The van der Waals surface area contributed by atoms with E-state index < -0.39 is 5.66 Å². The zero-order valence-corrected chi connectivity index (χ0v) is 10.1. The third-order valence-electron chi connectivity index (χ3n) is 3.23. The summed E-state index contributed by atoms with van der Waals surface area (Å²) in [6, 6.07) is 11.4. The van der Waals surface area contributed by atoms with Crippen LogP contribution in [0.5, 0.6) is 0 Å². The maximum absolute atomic E-state index is 13.0. The highest BCUT2D eigenvalue weighted by Gasteiger charge is 2.33. The summed E-state index contributed by atoms with van der Waals surface area (Å²) in [7, 11) is 0. The number of benzene rings is 2. The Morgan fingerprint density at radius 3 is 2.58 bits per heavy atom. The molecule has 0 amide bonds. The highest BCUT2D eigenvalue weighted by atomic mass is 19.1. The molecule has 0 saturated heterocycles.